The lowest BCUT2D eigenvalue weighted by atomic mass is 10.1. The predicted octanol–water partition coefficient (Wildman–Crippen LogP) is 5.50. The molecule has 1 heterocycles. The van der Waals surface area contributed by atoms with Crippen LogP contribution < -0.4 is 10.1 Å². The Balaban J connectivity index is 1.60. The van der Waals surface area contributed by atoms with Gasteiger partial charge in [-0.3, -0.25) is 9.36 Å². The number of rotatable bonds is 5. The predicted molar refractivity (Wildman–Crippen MR) is 112 cm³/mol. The highest BCUT2D eigenvalue weighted by atomic mass is 19.3. The molecule has 0 aliphatic rings. The molecule has 0 radical (unpaired) electrons. The number of nitrogens with one attached hydrogen (secondary N) is 1. The second-order valence-electron chi connectivity index (χ2n) is 6.97. The van der Waals surface area contributed by atoms with E-state index in [0.29, 0.717) is 16.8 Å². The molecular formula is C23H19F2N3O2. The van der Waals surface area contributed by atoms with E-state index >= 15 is 0 Å². The van der Waals surface area contributed by atoms with Crippen LogP contribution in [0.4, 0.5) is 14.5 Å². The summed E-state index contributed by atoms with van der Waals surface area (Å²) in [5.74, 6) is -0.391. The largest absolute Gasteiger partial charge is 0.435 e. The summed E-state index contributed by atoms with van der Waals surface area (Å²) in [6.45, 7) is 1.14. The Morgan fingerprint density at radius 3 is 2.70 bits per heavy atom. The molecule has 3 aromatic carbocycles. The monoisotopic (exact) mass is 407 g/mol. The molecule has 0 unspecified atom stereocenters. The summed E-state index contributed by atoms with van der Waals surface area (Å²) in [5, 5.41) is 2.69. The van der Waals surface area contributed by atoms with Crippen LogP contribution in [-0.4, -0.2) is 22.1 Å². The molecule has 0 aliphatic carbocycles. The summed E-state index contributed by atoms with van der Waals surface area (Å²) in [4.78, 5) is 17.1. The Morgan fingerprint density at radius 2 is 1.90 bits per heavy atom. The number of nitrogens with zero attached hydrogens (tertiary/aromatic N) is 2. The molecule has 1 aromatic heterocycles. The van der Waals surface area contributed by atoms with Crippen LogP contribution in [0.5, 0.6) is 5.75 Å². The Hall–Kier alpha value is -3.74. The van der Waals surface area contributed by atoms with Crippen LogP contribution >= 0.6 is 0 Å². The zero-order chi connectivity index (χ0) is 21.3. The minimum Gasteiger partial charge on any atom is -0.435 e. The van der Waals surface area contributed by atoms with Crippen molar-refractivity contribution in [2.45, 2.75) is 20.5 Å². The smallest absolute Gasteiger partial charge is 0.387 e. The van der Waals surface area contributed by atoms with E-state index in [2.05, 4.69) is 33.2 Å². The van der Waals surface area contributed by atoms with E-state index in [-0.39, 0.29) is 11.7 Å². The normalized spacial score (nSPS) is 11.1. The summed E-state index contributed by atoms with van der Waals surface area (Å²) in [7, 11) is 0. The van der Waals surface area contributed by atoms with Crippen molar-refractivity contribution in [3.63, 3.8) is 0 Å². The molecule has 0 fully saturated rings. The van der Waals surface area contributed by atoms with Gasteiger partial charge in [-0.05, 0) is 61.4 Å². The van der Waals surface area contributed by atoms with Gasteiger partial charge in [0.05, 0.1) is 16.7 Å². The maximum atomic E-state index is 12.6. The molecular weight excluding hydrogens is 388 g/mol. The van der Waals surface area contributed by atoms with Crippen molar-refractivity contribution >= 4 is 22.6 Å². The van der Waals surface area contributed by atoms with Crippen molar-refractivity contribution in [2.24, 2.45) is 0 Å². The maximum Gasteiger partial charge on any atom is 0.387 e. The van der Waals surface area contributed by atoms with E-state index in [1.54, 1.807) is 24.5 Å². The van der Waals surface area contributed by atoms with Gasteiger partial charge >= 0.3 is 6.61 Å². The number of fused-ring (bicyclic) bond motifs is 1. The second kappa shape index (κ2) is 7.94. The van der Waals surface area contributed by atoms with Gasteiger partial charge in [-0.2, -0.15) is 8.78 Å². The number of anilines is 1. The van der Waals surface area contributed by atoms with Crippen molar-refractivity contribution in [1.29, 1.82) is 0 Å². The van der Waals surface area contributed by atoms with Gasteiger partial charge in [0.2, 0.25) is 0 Å². The third-order valence-electron chi connectivity index (χ3n) is 4.75. The van der Waals surface area contributed by atoms with Gasteiger partial charge in [0.25, 0.3) is 5.91 Å². The molecule has 0 atom stereocenters. The Kier molecular flexibility index (Phi) is 5.18. The van der Waals surface area contributed by atoms with Gasteiger partial charge < -0.3 is 10.1 Å². The third kappa shape index (κ3) is 4.00. The van der Waals surface area contributed by atoms with Crippen molar-refractivity contribution in [2.75, 3.05) is 5.32 Å². The molecule has 152 valence electrons. The number of carbonyl (C=O) groups is 1. The van der Waals surface area contributed by atoms with Gasteiger partial charge in [-0.15, -0.1) is 0 Å². The average Bonchev–Trinajstić information content (AvgIpc) is 3.12. The molecule has 1 amide bonds. The molecule has 5 nitrogen and oxygen atoms in total. The number of hydrogen-bond acceptors (Lipinski definition) is 3. The minimum absolute atomic E-state index is 0.0227. The number of halogens is 2. The van der Waals surface area contributed by atoms with E-state index < -0.39 is 6.61 Å². The molecule has 0 saturated carbocycles. The topological polar surface area (TPSA) is 56.2 Å². The number of imidazole rings is 1. The highest BCUT2D eigenvalue weighted by Gasteiger charge is 2.12. The number of hydrogen-bond donors (Lipinski definition) is 1. The molecule has 0 bridgehead atoms. The fourth-order valence-corrected chi connectivity index (χ4v) is 3.28. The standard InChI is InChI=1S/C23H19F2N3O2/c1-14-6-7-15(2)21(10-14)28-13-26-19-11-16(8-9-20(19)28)22(29)27-17-4-3-5-18(12-17)30-23(24)25/h3-13,23H,1-2H3,(H,27,29). The summed E-state index contributed by atoms with van der Waals surface area (Å²) in [5.41, 5.74) is 5.63. The minimum atomic E-state index is -2.93. The summed E-state index contributed by atoms with van der Waals surface area (Å²) >= 11 is 0. The number of aryl methyl sites for hydroxylation is 2. The number of benzene rings is 3. The van der Waals surface area contributed by atoms with Gasteiger partial charge in [-0.1, -0.05) is 18.2 Å². The summed E-state index contributed by atoms with van der Waals surface area (Å²) < 4.78 is 31.1. The Bertz CT molecular complexity index is 1230. The first-order valence-corrected chi connectivity index (χ1v) is 9.32. The van der Waals surface area contributed by atoms with Gasteiger partial charge in [0.1, 0.15) is 12.1 Å². The number of amides is 1. The zero-order valence-corrected chi connectivity index (χ0v) is 16.4. The van der Waals surface area contributed by atoms with Crippen LogP contribution in [-0.2, 0) is 0 Å². The SMILES string of the molecule is Cc1ccc(C)c(-n2cnc3cc(C(=O)Nc4cccc(OC(F)F)c4)ccc32)c1. The molecule has 30 heavy (non-hydrogen) atoms. The van der Waals surface area contributed by atoms with Crippen LogP contribution in [0, 0.1) is 13.8 Å². The Morgan fingerprint density at radius 1 is 1.07 bits per heavy atom. The first kappa shape index (κ1) is 19.6. The van der Waals surface area contributed by atoms with Crippen LogP contribution in [0.15, 0.2) is 67.0 Å². The van der Waals surface area contributed by atoms with E-state index in [9.17, 15) is 13.6 Å². The fraction of sp³-hybridized carbons (Fsp3) is 0.130. The van der Waals surface area contributed by atoms with Crippen molar-refractivity contribution in [1.82, 2.24) is 9.55 Å². The zero-order valence-electron chi connectivity index (χ0n) is 16.4. The maximum absolute atomic E-state index is 12.6. The molecule has 0 aliphatic heterocycles. The quantitative estimate of drug-likeness (QED) is 0.476. The Labute approximate surface area is 171 Å². The first-order chi connectivity index (χ1) is 14.4. The number of alkyl halides is 2. The van der Waals surface area contributed by atoms with Crippen LogP contribution in [0.1, 0.15) is 21.5 Å². The highest BCUT2D eigenvalue weighted by Crippen LogP contribution is 2.24. The van der Waals surface area contributed by atoms with E-state index in [1.165, 1.54) is 18.2 Å². The van der Waals surface area contributed by atoms with E-state index in [1.807, 2.05) is 24.5 Å². The summed E-state index contributed by atoms with van der Waals surface area (Å²) in [6.07, 6.45) is 1.74. The second-order valence-corrected chi connectivity index (χ2v) is 6.97. The lowest BCUT2D eigenvalue weighted by molar-refractivity contribution is -0.0497. The number of aromatic nitrogens is 2. The lowest BCUT2D eigenvalue weighted by Gasteiger charge is -2.10. The number of ether oxygens (including phenoxy) is 1. The fourth-order valence-electron chi connectivity index (χ4n) is 3.28. The molecule has 4 aromatic rings. The van der Waals surface area contributed by atoms with Gasteiger partial charge in [0.15, 0.2) is 0 Å². The van der Waals surface area contributed by atoms with Crippen molar-refractivity contribution in [3.05, 3.63) is 83.7 Å². The molecule has 0 spiro atoms. The third-order valence-corrected chi connectivity index (χ3v) is 4.75. The van der Waals surface area contributed by atoms with E-state index in [4.69, 9.17) is 0 Å². The highest BCUT2D eigenvalue weighted by molar-refractivity contribution is 6.06. The van der Waals surface area contributed by atoms with Gasteiger partial charge in [-0.25, -0.2) is 4.98 Å². The molecule has 4 rings (SSSR count). The van der Waals surface area contributed by atoms with E-state index in [0.717, 1.165) is 22.3 Å². The molecule has 7 heteroatoms. The van der Waals surface area contributed by atoms with Crippen molar-refractivity contribution < 1.29 is 18.3 Å². The molecule has 1 N–H and O–H groups in total. The van der Waals surface area contributed by atoms with Crippen LogP contribution in [0.2, 0.25) is 0 Å². The van der Waals surface area contributed by atoms with Crippen molar-refractivity contribution in [3.8, 4) is 11.4 Å². The molecule has 0 saturated heterocycles. The number of carbonyl (C=O) groups excluding carboxylic acids is 1. The van der Waals surface area contributed by atoms with Crippen LogP contribution in [0.3, 0.4) is 0 Å². The van der Waals surface area contributed by atoms with Crippen LogP contribution in [0.25, 0.3) is 16.7 Å². The average molecular weight is 407 g/mol. The first-order valence-electron chi connectivity index (χ1n) is 9.32. The van der Waals surface area contributed by atoms with Gasteiger partial charge in [0, 0.05) is 17.3 Å². The summed E-state index contributed by atoms with van der Waals surface area (Å²) in [6, 6.07) is 17.3. The lowest BCUT2D eigenvalue weighted by Crippen LogP contribution is -2.12.